The van der Waals surface area contributed by atoms with Gasteiger partial charge in [-0.05, 0) is 48.9 Å². The standard InChI is InChI=1S/C22H23Cl2N7O4/c1-2-35-19(33)10-17(13-6-14(23)9-15(24)7-13)28-18(32)11-26-20(34)12-4-3-5-16(8-12)27-22-29-21(25)30-31-22/h3-9,17H,2,10-11H2,1H3,(H,26,34)(H,28,32)(H4,25,27,29,30,31). The monoisotopic (exact) mass is 519 g/mol. The van der Waals surface area contributed by atoms with Gasteiger partial charge in [0.15, 0.2) is 0 Å². The Bertz CT molecular complexity index is 1200. The molecule has 2 amide bonds. The summed E-state index contributed by atoms with van der Waals surface area (Å²) < 4.78 is 5.00. The third-order valence-electron chi connectivity index (χ3n) is 4.59. The highest BCUT2D eigenvalue weighted by atomic mass is 35.5. The number of ether oxygens (including phenoxy) is 1. The molecule has 0 saturated heterocycles. The molecule has 0 spiro atoms. The highest BCUT2D eigenvalue weighted by molar-refractivity contribution is 6.34. The van der Waals surface area contributed by atoms with Gasteiger partial charge in [-0.2, -0.15) is 4.98 Å². The van der Waals surface area contributed by atoms with E-state index in [0.29, 0.717) is 26.9 Å². The minimum Gasteiger partial charge on any atom is -0.466 e. The zero-order valence-corrected chi connectivity index (χ0v) is 20.1. The fourth-order valence-electron chi connectivity index (χ4n) is 3.12. The molecule has 0 radical (unpaired) electrons. The van der Waals surface area contributed by atoms with Crippen molar-refractivity contribution in [3.8, 4) is 0 Å². The third kappa shape index (κ3) is 7.87. The van der Waals surface area contributed by atoms with Crippen LogP contribution < -0.4 is 21.7 Å². The number of aromatic nitrogens is 3. The number of rotatable bonds is 10. The fourth-order valence-corrected chi connectivity index (χ4v) is 3.66. The lowest BCUT2D eigenvalue weighted by molar-refractivity contribution is -0.143. The quantitative estimate of drug-likeness (QED) is 0.255. The number of amides is 2. The summed E-state index contributed by atoms with van der Waals surface area (Å²) in [5.41, 5.74) is 6.88. The van der Waals surface area contributed by atoms with Gasteiger partial charge in [0.2, 0.25) is 17.8 Å². The summed E-state index contributed by atoms with van der Waals surface area (Å²) in [5, 5.41) is 15.2. The zero-order valence-electron chi connectivity index (χ0n) is 18.6. The molecule has 1 unspecified atom stereocenters. The molecule has 0 bridgehead atoms. The number of halogens is 2. The van der Waals surface area contributed by atoms with Crippen LogP contribution in [0.15, 0.2) is 42.5 Å². The molecule has 184 valence electrons. The lowest BCUT2D eigenvalue weighted by Gasteiger charge is -2.19. The second-order valence-electron chi connectivity index (χ2n) is 7.26. The van der Waals surface area contributed by atoms with Crippen LogP contribution in [0, 0.1) is 0 Å². The van der Waals surface area contributed by atoms with E-state index in [9.17, 15) is 14.4 Å². The van der Waals surface area contributed by atoms with Crippen molar-refractivity contribution >= 4 is 58.6 Å². The molecule has 0 aliphatic heterocycles. The Hall–Kier alpha value is -3.83. The topological polar surface area (TPSA) is 164 Å². The number of nitrogen functional groups attached to an aromatic ring is 1. The van der Waals surface area contributed by atoms with Crippen molar-refractivity contribution in [3.05, 3.63) is 63.6 Å². The number of esters is 1. The van der Waals surface area contributed by atoms with E-state index >= 15 is 0 Å². The van der Waals surface area contributed by atoms with Gasteiger partial charge in [-0.3, -0.25) is 14.4 Å². The molecule has 0 saturated carbocycles. The second-order valence-corrected chi connectivity index (χ2v) is 8.14. The number of anilines is 3. The first-order valence-corrected chi connectivity index (χ1v) is 11.2. The van der Waals surface area contributed by atoms with E-state index in [1.165, 1.54) is 6.07 Å². The lowest BCUT2D eigenvalue weighted by atomic mass is 10.0. The predicted molar refractivity (Wildman–Crippen MR) is 131 cm³/mol. The van der Waals surface area contributed by atoms with E-state index in [1.54, 1.807) is 43.3 Å². The molecule has 1 heterocycles. The molecule has 0 fully saturated rings. The molecular formula is C22H23Cl2N7O4. The highest BCUT2D eigenvalue weighted by Gasteiger charge is 2.21. The zero-order chi connectivity index (χ0) is 25.4. The van der Waals surface area contributed by atoms with Gasteiger partial charge in [-0.25, -0.2) is 5.10 Å². The summed E-state index contributed by atoms with van der Waals surface area (Å²) in [4.78, 5) is 41.2. The molecule has 2 aromatic carbocycles. The normalized spacial score (nSPS) is 11.4. The van der Waals surface area contributed by atoms with Crippen molar-refractivity contribution in [3.63, 3.8) is 0 Å². The minimum atomic E-state index is -0.754. The summed E-state index contributed by atoms with van der Waals surface area (Å²) >= 11 is 12.1. The van der Waals surface area contributed by atoms with Crippen molar-refractivity contribution < 1.29 is 19.1 Å². The Morgan fingerprint density at radius 1 is 1.14 bits per heavy atom. The Balaban J connectivity index is 1.62. The van der Waals surface area contributed by atoms with Gasteiger partial charge >= 0.3 is 5.97 Å². The summed E-state index contributed by atoms with van der Waals surface area (Å²) in [6, 6.07) is 10.5. The van der Waals surface area contributed by atoms with E-state index in [2.05, 4.69) is 31.1 Å². The molecule has 0 aliphatic rings. The average molecular weight is 520 g/mol. The molecule has 11 nitrogen and oxygen atoms in total. The maximum absolute atomic E-state index is 12.6. The van der Waals surface area contributed by atoms with Crippen LogP contribution in [0.3, 0.4) is 0 Å². The smallest absolute Gasteiger partial charge is 0.308 e. The van der Waals surface area contributed by atoms with Gasteiger partial charge in [0.05, 0.1) is 25.6 Å². The highest BCUT2D eigenvalue weighted by Crippen LogP contribution is 2.26. The van der Waals surface area contributed by atoms with Crippen LogP contribution in [0.25, 0.3) is 0 Å². The molecular weight excluding hydrogens is 497 g/mol. The maximum atomic E-state index is 12.6. The van der Waals surface area contributed by atoms with Crippen molar-refractivity contribution in [1.82, 2.24) is 25.8 Å². The number of nitrogens with zero attached hydrogens (tertiary/aromatic N) is 2. The number of carbonyl (C=O) groups excluding carboxylic acids is 3. The summed E-state index contributed by atoms with van der Waals surface area (Å²) in [6.07, 6.45) is -0.135. The average Bonchev–Trinajstić information content (AvgIpc) is 3.21. The lowest BCUT2D eigenvalue weighted by Crippen LogP contribution is -2.39. The van der Waals surface area contributed by atoms with E-state index in [0.717, 1.165) is 0 Å². The van der Waals surface area contributed by atoms with Crippen molar-refractivity contribution in [2.45, 2.75) is 19.4 Å². The largest absolute Gasteiger partial charge is 0.466 e. The first-order valence-electron chi connectivity index (χ1n) is 10.5. The van der Waals surface area contributed by atoms with Crippen LogP contribution in [-0.2, 0) is 14.3 Å². The van der Waals surface area contributed by atoms with Gasteiger partial charge in [-0.15, -0.1) is 5.10 Å². The van der Waals surface area contributed by atoms with Crippen LogP contribution in [-0.4, -0.2) is 46.1 Å². The van der Waals surface area contributed by atoms with Crippen LogP contribution in [0.4, 0.5) is 17.6 Å². The molecule has 1 aromatic heterocycles. The van der Waals surface area contributed by atoms with Gasteiger partial charge in [0, 0.05) is 21.3 Å². The summed E-state index contributed by atoms with van der Waals surface area (Å²) in [7, 11) is 0. The molecule has 1 atom stereocenters. The number of hydrogen-bond acceptors (Lipinski definition) is 8. The Kier molecular flexibility index (Phi) is 8.87. The van der Waals surface area contributed by atoms with E-state index in [-0.39, 0.29) is 31.5 Å². The van der Waals surface area contributed by atoms with Crippen molar-refractivity contribution in [2.24, 2.45) is 0 Å². The third-order valence-corrected chi connectivity index (χ3v) is 5.03. The summed E-state index contributed by atoms with van der Waals surface area (Å²) in [6.45, 7) is 1.55. The fraction of sp³-hybridized carbons (Fsp3) is 0.227. The van der Waals surface area contributed by atoms with Crippen LogP contribution >= 0.6 is 23.2 Å². The van der Waals surface area contributed by atoms with E-state index in [4.69, 9.17) is 33.7 Å². The van der Waals surface area contributed by atoms with Crippen LogP contribution in [0.2, 0.25) is 10.0 Å². The summed E-state index contributed by atoms with van der Waals surface area (Å²) in [5.74, 6) is -1.11. The van der Waals surface area contributed by atoms with Crippen molar-refractivity contribution in [1.29, 1.82) is 0 Å². The number of aromatic amines is 1. The SMILES string of the molecule is CCOC(=O)CC(NC(=O)CNC(=O)c1cccc(Nc2n[nH]c(N)n2)c1)c1cc(Cl)cc(Cl)c1. The Morgan fingerprint density at radius 3 is 2.54 bits per heavy atom. The molecule has 13 heteroatoms. The number of H-pyrrole nitrogens is 1. The molecule has 6 N–H and O–H groups in total. The molecule has 35 heavy (non-hydrogen) atoms. The van der Waals surface area contributed by atoms with E-state index < -0.39 is 23.8 Å². The second kappa shape index (κ2) is 12.0. The van der Waals surface area contributed by atoms with Gasteiger partial charge in [0.1, 0.15) is 0 Å². The first kappa shape index (κ1) is 25.8. The molecule has 0 aliphatic carbocycles. The number of nitrogens with one attached hydrogen (secondary N) is 4. The van der Waals surface area contributed by atoms with E-state index in [1.807, 2.05) is 0 Å². The van der Waals surface area contributed by atoms with Crippen LogP contribution in [0.5, 0.6) is 0 Å². The number of nitrogens with two attached hydrogens (primary N) is 1. The maximum Gasteiger partial charge on any atom is 0.308 e. The van der Waals surface area contributed by atoms with Crippen molar-refractivity contribution in [2.75, 3.05) is 24.2 Å². The predicted octanol–water partition coefficient (Wildman–Crippen LogP) is 2.98. The first-order chi connectivity index (χ1) is 16.7. The molecule has 3 rings (SSSR count). The van der Waals surface area contributed by atoms with Gasteiger partial charge in [-0.1, -0.05) is 29.3 Å². The Morgan fingerprint density at radius 2 is 1.89 bits per heavy atom. The number of hydrogen-bond donors (Lipinski definition) is 5. The van der Waals surface area contributed by atoms with Gasteiger partial charge < -0.3 is 26.4 Å². The van der Waals surface area contributed by atoms with Crippen LogP contribution in [0.1, 0.15) is 35.3 Å². The minimum absolute atomic E-state index is 0.135. The number of benzene rings is 2. The molecule has 3 aromatic rings. The van der Waals surface area contributed by atoms with Gasteiger partial charge in [0.25, 0.3) is 5.91 Å². The Labute approximate surface area is 210 Å². The number of carbonyl (C=O) groups is 3.